The smallest absolute Gasteiger partial charge is 0.190 e. The van der Waals surface area contributed by atoms with Crippen LogP contribution in [-0.4, -0.2) is 64.2 Å². The average Bonchev–Trinajstić information content (AvgIpc) is 2.90. The second kappa shape index (κ2) is 10.7. The zero-order valence-corrected chi connectivity index (χ0v) is 25.9. The van der Waals surface area contributed by atoms with Crippen LogP contribution in [0.5, 0.6) is 5.75 Å². The van der Waals surface area contributed by atoms with Crippen molar-refractivity contribution in [2.75, 3.05) is 13.7 Å². The van der Waals surface area contributed by atoms with E-state index in [0.717, 1.165) is 12.5 Å². The quantitative estimate of drug-likeness (QED) is 0.454. The molecular weight excluding hydrogens is 564 g/mol. The van der Waals surface area contributed by atoms with E-state index in [1.54, 1.807) is 39.8 Å². The molecule has 2 aromatic carbocycles. The maximum Gasteiger partial charge on any atom is 0.190 e. The predicted octanol–water partition coefficient (Wildman–Crippen LogP) is 3.52. The van der Waals surface area contributed by atoms with Crippen molar-refractivity contribution in [2.24, 2.45) is 34.5 Å². The van der Waals surface area contributed by atoms with Gasteiger partial charge in [-0.05, 0) is 59.4 Å². The van der Waals surface area contributed by atoms with E-state index in [2.05, 4.69) is 0 Å². The molecule has 0 bridgehead atoms. The molecule has 3 unspecified atom stereocenters. The molecule has 0 amide bonds. The maximum absolute atomic E-state index is 14.4. The fourth-order valence-electron chi connectivity index (χ4n) is 8.70. The van der Waals surface area contributed by atoms with Gasteiger partial charge in [0.1, 0.15) is 24.1 Å². The summed E-state index contributed by atoms with van der Waals surface area (Å²) in [7, 11) is 1.45. The Morgan fingerprint density at radius 3 is 2.34 bits per heavy atom. The van der Waals surface area contributed by atoms with E-state index in [1.807, 2.05) is 18.2 Å². The van der Waals surface area contributed by atoms with Gasteiger partial charge in [-0.1, -0.05) is 58.0 Å². The first-order valence-electron chi connectivity index (χ1n) is 14.9. The van der Waals surface area contributed by atoms with Crippen LogP contribution in [0, 0.1) is 34.5 Å². The molecule has 232 valence electrons. The number of rotatable bonds is 7. The van der Waals surface area contributed by atoms with E-state index in [-0.39, 0.29) is 43.0 Å². The second-order valence-corrected chi connectivity index (χ2v) is 13.7. The minimum absolute atomic E-state index is 0.0241. The number of benzene rings is 2. The van der Waals surface area contributed by atoms with Crippen LogP contribution in [0.25, 0.3) is 11.1 Å². The molecule has 0 radical (unpaired) electrons. The zero-order chi connectivity index (χ0) is 32.5. The average molecular weight is 603 g/mol. The normalized spacial score (nSPS) is 31.4. The molecule has 44 heavy (non-hydrogen) atoms. The van der Waals surface area contributed by atoms with Crippen LogP contribution in [0.4, 0.5) is 0 Å². The van der Waals surface area contributed by atoms with Crippen molar-refractivity contribution in [2.45, 2.75) is 59.5 Å². The molecule has 9 nitrogen and oxygen atoms in total. The van der Waals surface area contributed by atoms with Crippen LogP contribution < -0.4 is 0 Å². The van der Waals surface area contributed by atoms with Crippen molar-refractivity contribution in [3.63, 3.8) is 0 Å². The summed E-state index contributed by atoms with van der Waals surface area (Å²) in [5.74, 6) is -9.40. The van der Waals surface area contributed by atoms with Crippen LogP contribution in [0.2, 0.25) is 0 Å². The SMILES string of the molecule is COCC(=O)Cc1cccc(-c2ccc(O)c3c2C[C@]2(C)C[C@]4(C)C(C(C)C)C(=O)C(C(C)=O)C(=O)[C@]4(O)C(=O)C2C3=O)c1. The van der Waals surface area contributed by atoms with Crippen molar-refractivity contribution in [3.8, 4) is 16.9 Å². The van der Waals surface area contributed by atoms with Crippen molar-refractivity contribution >= 4 is 34.7 Å². The van der Waals surface area contributed by atoms with Gasteiger partial charge in [-0.2, -0.15) is 0 Å². The molecular formula is C35H38O9. The third-order valence-corrected chi connectivity index (χ3v) is 10.2. The lowest BCUT2D eigenvalue weighted by molar-refractivity contribution is -0.205. The summed E-state index contributed by atoms with van der Waals surface area (Å²) in [5.41, 5.74) is -2.93. The number of fused-ring (bicyclic) bond motifs is 3. The van der Waals surface area contributed by atoms with E-state index in [1.165, 1.54) is 13.2 Å². The van der Waals surface area contributed by atoms with Gasteiger partial charge in [-0.15, -0.1) is 0 Å². The van der Waals surface area contributed by atoms with Crippen molar-refractivity contribution in [1.82, 2.24) is 0 Å². The number of hydrogen-bond donors (Lipinski definition) is 2. The van der Waals surface area contributed by atoms with Crippen LogP contribution in [0.1, 0.15) is 62.5 Å². The van der Waals surface area contributed by atoms with Gasteiger partial charge >= 0.3 is 0 Å². The molecule has 0 spiro atoms. The second-order valence-electron chi connectivity index (χ2n) is 13.7. The zero-order valence-electron chi connectivity index (χ0n) is 25.9. The number of aliphatic hydroxyl groups is 1. The Hall–Kier alpha value is -3.82. The molecule has 5 rings (SSSR count). The number of ether oxygens (including phenoxy) is 1. The van der Waals surface area contributed by atoms with Crippen molar-refractivity contribution < 1.29 is 43.7 Å². The van der Waals surface area contributed by atoms with E-state index in [0.29, 0.717) is 16.7 Å². The summed E-state index contributed by atoms with van der Waals surface area (Å²) in [6.07, 6.45) is 0.256. The number of phenols is 1. The van der Waals surface area contributed by atoms with Gasteiger partial charge in [0.25, 0.3) is 0 Å². The Morgan fingerprint density at radius 1 is 1.05 bits per heavy atom. The summed E-state index contributed by atoms with van der Waals surface area (Å²) < 4.78 is 4.95. The van der Waals surface area contributed by atoms with Gasteiger partial charge in [0.05, 0.1) is 11.5 Å². The highest BCUT2D eigenvalue weighted by atomic mass is 16.5. The third kappa shape index (κ3) is 4.35. The van der Waals surface area contributed by atoms with Gasteiger partial charge in [-0.25, -0.2) is 0 Å². The first kappa shape index (κ1) is 31.6. The van der Waals surface area contributed by atoms with Crippen LogP contribution >= 0.6 is 0 Å². The van der Waals surface area contributed by atoms with Gasteiger partial charge in [-0.3, -0.25) is 28.8 Å². The molecule has 9 heteroatoms. The Morgan fingerprint density at radius 2 is 1.73 bits per heavy atom. The summed E-state index contributed by atoms with van der Waals surface area (Å²) in [4.78, 5) is 81.0. The minimum Gasteiger partial charge on any atom is -0.507 e. The Labute approximate surface area is 256 Å². The number of carbonyl (C=O) groups excluding carboxylic acids is 6. The number of phenolic OH excluding ortho intramolecular Hbond substituents is 1. The topological polar surface area (TPSA) is 152 Å². The summed E-state index contributed by atoms with van der Waals surface area (Å²) in [5, 5.41) is 23.1. The lowest BCUT2D eigenvalue weighted by atomic mass is 9.40. The Balaban J connectivity index is 1.67. The summed E-state index contributed by atoms with van der Waals surface area (Å²) in [6.45, 7) is 7.86. The van der Waals surface area contributed by atoms with Gasteiger partial charge in [0.2, 0.25) is 0 Å². The number of hydrogen-bond acceptors (Lipinski definition) is 9. The molecule has 3 aliphatic carbocycles. The molecule has 0 aliphatic heterocycles. The molecule has 2 saturated carbocycles. The van der Waals surface area contributed by atoms with E-state index in [9.17, 15) is 39.0 Å². The molecule has 6 atom stereocenters. The molecule has 2 fully saturated rings. The standard InChI is InChI=1S/C35H38O9/c1-17(2)27-29(39)25(18(3)36)31(41)35(43)32(42)28-30(40)26-23(14-33(28,4)16-34(27,35)5)22(10-11-24(26)38)20-9-7-8-19(12-20)13-21(37)15-44-6/h7-12,17,25,27-28,38,43H,13-16H2,1-6H3/t25?,27?,28?,33-,34-,35+/m1/s1. The van der Waals surface area contributed by atoms with Crippen LogP contribution in [0.15, 0.2) is 36.4 Å². The molecule has 2 aromatic rings. The number of Topliss-reactive ketones (excluding diaryl/α,β-unsaturated/α-hetero) is 6. The van der Waals surface area contributed by atoms with Crippen LogP contribution in [-0.2, 0) is 41.6 Å². The number of ketones is 6. The number of methoxy groups -OCH3 is 1. The summed E-state index contributed by atoms with van der Waals surface area (Å²) >= 11 is 0. The van der Waals surface area contributed by atoms with Crippen molar-refractivity contribution in [1.29, 1.82) is 0 Å². The van der Waals surface area contributed by atoms with E-state index in [4.69, 9.17) is 4.74 Å². The fourth-order valence-corrected chi connectivity index (χ4v) is 8.70. The molecule has 0 aromatic heterocycles. The first-order valence-corrected chi connectivity index (χ1v) is 14.9. The monoisotopic (exact) mass is 602 g/mol. The maximum atomic E-state index is 14.4. The van der Waals surface area contributed by atoms with Crippen LogP contribution in [0.3, 0.4) is 0 Å². The minimum atomic E-state index is -2.74. The summed E-state index contributed by atoms with van der Waals surface area (Å²) in [6, 6.07) is 10.3. The van der Waals surface area contributed by atoms with E-state index < -0.39 is 69.0 Å². The molecule has 3 aliphatic rings. The highest BCUT2D eigenvalue weighted by Gasteiger charge is 2.76. The predicted molar refractivity (Wildman–Crippen MR) is 159 cm³/mol. The number of aromatic hydroxyl groups is 1. The highest BCUT2D eigenvalue weighted by molar-refractivity contribution is 6.32. The van der Waals surface area contributed by atoms with Crippen molar-refractivity contribution in [3.05, 3.63) is 53.1 Å². The largest absolute Gasteiger partial charge is 0.507 e. The highest BCUT2D eigenvalue weighted by Crippen LogP contribution is 2.64. The number of carbonyl (C=O) groups is 6. The van der Waals surface area contributed by atoms with Gasteiger partial charge < -0.3 is 14.9 Å². The first-order chi connectivity index (χ1) is 20.5. The molecule has 2 N–H and O–H groups in total. The van der Waals surface area contributed by atoms with E-state index >= 15 is 0 Å². The molecule has 0 saturated heterocycles. The third-order valence-electron chi connectivity index (χ3n) is 10.2. The lowest BCUT2D eigenvalue weighted by Crippen LogP contribution is -2.76. The molecule has 0 heterocycles. The van der Waals surface area contributed by atoms with Gasteiger partial charge in [0.15, 0.2) is 34.5 Å². The van der Waals surface area contributed by atoms with Gasteiger partial charge in [0, 0.05) is 24.9 Å². The fraction of sp³-hybridized carbons (Fsp3) is 0.486. The Kier molecular flexibility index (Phi) is 7.66. The Bertz CT molecular complexity index is 1640. The lowest BCUT2D eigenvalue weighted by Gasteiger charge is -2.61.